The second-order valence-electron chi connectivity index (χ2n) is 8.89. The lowest BCUT2D eigenvalue weighted by molar-refractivity contribution is 0.254. The first kappa shape index (κ1) is 34.0. The first-order valence-corrected chi connectivity index (χ1v) is 14.9. The predicted molar refractivity (Wildman–Crippen MR) is 140 cm³/mol. The van der Waals surface area contributed by atoms with E-state index in [1.54, 1.807) is 0 Å². The minimum Gasteiger partial charge on any atom is -0.303 e. The van der Waals surface area contributed by atoms with Gasteiger partial charge in [-0.15, -0.1) is 0 Å². The summed E-state index contributed by atoms with van der Waals surface area (Å²) >= 11 is 0. The Morgan fingerprint density at radius 3 is 0.938 bits per heavy atom. The van der Waals surface area contributed by atoms with Crippen molar-refractivity contribution in [1.82, 2.24) is 4.90 Å². The van der Waals surface area contributed by atoms with Crippen LogP contribution >= 0.6 is 0 Å². The average molecular weight is 480 g/mol. The van der Waals surface area contributed by atoms with Gasteiger partial charge in [-0.05, 0) is 38.9 Å². The molecule has 0 atom stereocenters. The Balaban J connectivity index is 0. The van der Waals surface area contributed by atoms with Gasteiger partial charge in [0, 0.05) is 0 Å². The van der Waals surface area contributed by atoms with Gasteiger partial charge in [0.05, 0.1) is 14.2 Å². The van der Waals surface area contributed by atoms with E-state index < -0.39 is 10.4 Å². The molecule has 0 unspecified atom stereocenters. The lowest BCUT2D eigenvalue weighted by Crippen LogP contribution is -2.27. The van der Waals surface area contributed by atoms with Crippen molar-refractivity contribution in [3.63, 3.8) is 0 Å². The van der Waals surface area contributed by atoms with Crippen molar-refractivity contribution in [2.24, 2.45) is 0 Å². The zero-order valence-corrected chi connectivity index (χ0v) is 23.2. The highest BCUT2D eigenvalue weighted by Gasteiger charge is 2.05. The van der Waals surface area contributed by atoms with Crippen LogP contribution in [0.15, 0.2) is 0 Å². The van der Waals surface area contributed by atoms with Gasteiger partial charge < -0.3 is 4.90 Å². The Labute approximate surface area is 202 Å². The minimum absolute atomic E-state index is 1.03. The van der Waals surface area contributed by atoms with E-state index in [2.05, 4.69) is 34.0 Å². The van der Waals surface area contributed by atoms with E-state index in [9.17, 15) is 8.42 Å². The van der Waals surface area contributed by atoms with Crippen molar-refractivity contribution in [1.29, 1.82) is 0 Å². The van der Waals surface area contributed by atoms with Gasteiger partial charge in [-0.1, -0.05) is 117 Å². The molecule has 0 heterocycles. The van der Waals surface area contributed by atoms with Crippen LogP contribution < -0.4 is 0 Å². The van der Waals surface area contributed by atoms with Crippen LogP contribution in [0.3, 0.4) is 0 Å². The standard InChI is InChI=1S/C24H51N.C2H6O4S/c1-4-7-10-13-16-19-22-25(23-20-17-14-11-8-5-2)24-21-18-15-12-9-6-3;1-5-7(3,4)6-2/h4-24H2,1-3H3;1-2H3. The van der Waals surface area contributed by atoms with Crippen molar-refractivity contribution in [3.05, 3.63) is 0 Å². The van der Waals surface area contributed by atoms with Gasteiger partial charge >= 0.3 is 10.4 Å². The lowest BCUT2D eigenvalue weighted by Gasteiger charge is -2.22. The van der Waals surface area contributed by atoms with Crippen LogP contribution in [0.2, 0.25) is 0 Å². The van der Waals surface area contributed by atoms with Crippen LogP contribution in [0.1, 0.15) is 136 Å². The Kier molecular flexibility index (Phi) is 28.8. The molecule has 0 aliphatic rings. The molecule has 196 valence electrons. The van der Waals surface area contributed by atoms with Crippen LogP contribution in [0.5, 0.6) is 0 Å². The molecular formula is C26H57NO4S. The van der Waals surface area contributed by atoms with E-state index in [1.807, 2.05) is 0 Å². The molecule has 0 rings (SSSR count). The molecule has 0 fully saturated rings. The smallest absolute Gasteiger partial charge is 0.303 e. The normalized spacial score (nSPS) is 11.6. The lowest BCUT2D eigenvalue weighted by atomic mass is 10.1. The van der Waals surface area contributed by atoms with Crippen LogP contribution in [-0.4, -0.2) is 47.2 Å². The summed E-state index contributed by atoms with van der Waals surface area (Å²) in [5, 5.41) is 0. The number of hydrogen-bond donors (Lipinski definition) is 0. The summed E-state index contributed by atoms with van der Waals surface area (Å²) < 4.78 is 27.5. The molecule has 0 spiro atoms. The SMILES string of the molecule is CCCCCCCCN(CCCCCCCC)CCCCCCCC.COS(=O)(=O)OC. The fourth-order valence-electron chi connectivity index (χ4n) is 3.75. The highest BCUT2D eigenvalue weighted by atomic mass is 32.3. The second-order valence-corrected chi connectivity index (χ2v) is 10.4. The largest absolute Gasteiger partial charge is 0.399 e. The van der Waals surface area contributed by atoms with E-state index in [1.165, 1.54) is 135 Å². The summed E-state index contributed by atoms with van der Waals surface area (Å²) in [7, 11) is -1.60. The Morgan fingerprint density at radius 2 is 0.719 bits per heavy atom. The molecule has 0 aromatic carbocycles. The molecular weight excluding hydrogens is 422 g/mol. The zero-order chi connectivity index (χ0) is 24.3. The molecule has 6 heteroatoms. The summed E-state index contributed by atoms with van der Waals surface area (Å²) in [6.45, 7) is 11.0. The molecule has 0 aliphatic heterocycles. The van der Waals surface area contributed by atoms with Crippen LogP contribution in [0.4, 0.5) is 0 Å². The third kappa shape index (κ3) is 27.9. The number of unbranched alkanes of at least 4 members (excludes halogenated alkanes) is 15. The molecule has 0 saturated carbocycles. The number of hydrogen-bond acceptors (Lipinski definition) is 5. The molecule has 0 amide bonds. The molecule has 0 aromatic rings. The second kappa shape index (κ2) is 27.1. The molecule has 0 saturated heterocycles. The van der Waals surface area contributed by atoms with E-state index >= 15 is 0 Å². The molecule has 32 heavy (non-hydrogen) atoms. The van der Waals surface area contributed by atoms with E-state index in [0.29, 0.717) is 0 Å². The van der Waals surface area contributed by atoms with E-state index in [0.717, 1.165) is 14.2 Å². The van der Waals surface area contributed by atoms with Gasteiger partial charge in [0.2, 0.25) is 0 Å². The molecule has 0 aromatic heterocycles. The van der Waals surface area contributed by atoms with Crippen molar-refractivity contribution >= 4 is 10.4 Å². The maximum atomic E-state index is 9.92. The summed E-state index contributed by atoms with van der Waals surface area (Å²) in [5.74, 6) is 0. The fraction of sp³-hybridized carbons (Fsp3) is 1.00. The average Bonchev–Trinajstić information content (AvgIpc) is 2.80. The first-order valence-electron chi connectivity index (χ1n) is 13.6. The molecule has 0 radical (unpaired) electrons. The fourth-order valence-corrected chi connectivity index (χ4v) is 3.89. The molecule has 0 N–H and O–H groups in total. The molecule has 0 bridgehead atoms. The minimum atomic E-state index is -3.66. The predicted octanol–water partition coefficient (Wildman–Crippen LogP) is 7.89. The van der Waals surface area contributed by atoms with Gasteiger partial charge in [0.15, 0.2) is 0 Å². The Hall–Kier alpha value is -0.170. The quantitative estimate of drug-likeness (QED) is 0.139. The van der Waals surface area contributed by atoms with Gasteiger partial charge in [-0.25, -0.2) is 0 Å². The van der Waals surface area contributed by atoms with Gasteiger partial charge in [-0.3, -0.25) is 8.37 Å². The first-order chi connectivity index (χ1) is 15.5. The van der Waals surface area contributed by atoms with E-state index in [-0.39, 0.29) is 0 Å². The van der Waals surface area contributed by atoms with Crippen molar-refractivity contribution in [3.8, 4) is 0 Å². The van der Waals surface area contributed by atoms with Gasteiger partial charge in [0.25, 0.3) is 0 Å². The van der Waals surface area contributed by atoms with Gasteiger partial charge in [-0.2, -0.15) is 8.42 Å². The summed E-state index contributed by atoms with van der Waals surface area (Å²) in [5.41, 5.74) is 0. The summed E-state index contributed by atoms with van der Waals surface area (Å²) in [6.07, 6.45) is 25.7. The number of nitrogens with zero attached hydrogens (tertiary/aromatic N) is 1. The summed E-state index contributed by atoms with van der Waals surface area (Å²) in [6, 6.07) is 0. The maximum absolute atomic E-state index is 9.92. The van der Waals surface area contributed by atoms with E-state index in [4.69, 9.17) is 0 Å². The Morgan fingerprint density at radius 1 is 0.469 bits per heavy atom. The zero-order valence-electron chi connectivity index (χ0n) is 22.3. The molecule has 0 aliphatic carbocycles. The monoisotopic (exact) mass is 479 g/mol. The highest BCUT2D eigenvalue weighted by Crippen LogP contribution is 2.11. The third-order valence-corrected chi connectivity index (χ3v) is 6.71. The van der Waals surface area contributed by atoms with Crippen molar-refractivity contribution in [2.75, 3.05) is 33.9 Å². The topological polar surface area (TPSA) is 55.8 Å². The van der Waals surface area contributed by atoms with Crippen molar-refractivity contribution < 1.29 is 16.8 Å². The number of rotatable bonds is 23. The third-order valence-electron chi connectivity index (χ3n) is 5.89. The van der Waals surface area contributed by atoms with Crippen molar-refractivity contribution in [2.45, 2.75) is 136 Å². The maximum Gasteiger partial charge on any atom is 0.399 e. The highest BCUT2D eigenvalue weighted by molar-refractivity contribution is 7.81. The Bertz CT molecular complexity index is 395. The van der Waals surface area contributed by atoms with Gasteiger partial charge in [0.1, 0.15) is 0 Å². The van der Waals surface area contributed by atoms with Crippen LogP contribution in [0, 0.1) is 0 Å². The van der Waals surface area contributed by atoms with Crippen LogP contribution in [-0.2, 0) is 18.8 Å². The summed E-state index contributed by atoms with van der Waals surface area (Å²) in [4.78, 5) is 2.79. The molecule has 5 nitrogen and oxygen atoms in total. The van der Waals surface area contributed by atoms with Crippen LogP contribution in [0.25, 0.3) is 0 Å².